The molecule has 3 aromatic rings. The van der Waals surface area contributed by atoms with Gasteiger partial charge in [0.15, 0.2) is 16.3 Å². The number of aryl methyl sites for hydroxylation is 1. The summed E-state index contributed by atoms with van der Waals surface area (Å²) in [5.74, 6) is 0.956. The smallest absolute Gasteiger partial charge is 0.272 e. The molecule has 0 radical (unpaired) electrons. The summed E-state index contributed by atoms with van der Waals surface area (Å²) in [6, 6.07) is 9.93. The van der Waals surface area contributed by atoms with E-state index in [-0.39, 0.29) is 5.69 Å². The van der Waals surface area contributed by atoms with Crippen molar-refractivity contribution >= 4 is 39.2 Å². The Kier molecular flexibility index (Phi) is 5.62. The van der Waals surface area contributed by atoms with E-state index in [1.165, 1.54) is 35.6 Å². The minimum atomic E-state index is -0.471. The van der Waals surface area contributed by atoms with Crippen LogP contribution in [0.1, 0.15) is 18.9 Å². The Labute approximate surface area is 175 Å². The monoisotopic (exact) mass is 425 g/mol. The van der Waals surface area contributed by atoms with Gasteiger partial charge in [-0.05, 0) is 18.1 Å². The molecule has 0 aliphatic carbocycles. The van der Waals surface area contributed by atoms with E-state index >= 15 is 0 Å². The molecule has 1 aromatic heterocycles. The van der Waals surface area contributed by atoms with Crippen molar-refractivity contribution in [2.24, 2.45) is 4.99 Å². The highest BCUT2D eigenvalue weighted by Crippen LogP contribution is 2.35. The average Bonchev–Trinajstić information content (AvgIpc) is 3.07. The van der Waals surface area contributed by atoms with Crippen molar-refractivity contribution in [2.75, 3.05) is 13.2 Å². The van der Waals surface area contributed by atoms with Crippen LogP contribution in [-0.2, 0) is 11.3 Å². The van der Waals surface area contributed by atoms with Crippen LogP contribution in [-0.4, -0.2) is 28.6 Å². The van der Waals surface area contributed by atoms with Gasteiger partial charge < -0.3 is 14.0 Å². The van der Waals surface area contributed by atoms with Crippen LogP contribution >= 0.6 is 11.3 Å². The second kappa shape index (κ2) is 8.50. The number of thiazole rings is 1. The fraction of sp³-hybridized carbons (Fsp3) is 0.238. The minimum Gasteiger partial charge on any atom is -0.486 e. The number of nitro groups is 1. The van der Waals surface area contributed by atoms with E-state index in [0.717, 1.165) is 16.6 Å². The van der Waals surface area contributed by atoms with E-state index in [2.05, 4.69) is 11.9 Å². The maximum Gasteiger partial charge on any atom is 0.272 e. The van der Waals surface area contributed by atoms with E-state index in [1.807, 2.05) is 16.7 Å². The number of aromatic nitrogens is 1. The molecule has 0 spiro atoms. The third kappa shape index (κ3) is 4.11. The Morgan fingerprint density at radius 3 is 2.77 bits per heavy atom. The third-order valence-electron chi connectivity index (χ3n) is 4.50. The zero-order valence-electron chi connectivity index (χ0n) is 16.2. The summed E-state index contributed by atoms with van der Waals surface area (Å²) in [6.07, 6.45) is 3.72. The molecule has 0 atom stereocenters. The number of carbonyl (C=O) groups excluding carboxylic acids is 1. The maximum absolute atomic E-state index is 12.5. The molecule has 154 valence electrons. The van der Waals surface area contributed by atoms with Crippen LogP contribution in [0.25, 0.3) is 16.3 Å². The zero-order chi connectivity index (χ0) is 21.1. The van der Waals surface area contributed by atoms with E-state index < -0.39 is 10.8 Å². The number of nitro benzene ring substituents is 1. The minimum absolute atomic E-state index is 0.0276. The van der Waals surface area contributed by atoms with Crippen molar-refractivity contribution in [1.82, 2.24) is 4.57 Å². The van der Waals surface area contributed by atoms with Crippen molar-refractivity contribution in [3.8, 4) is 11.5 Å². The van der Waals surface area contributed by atoms with Crippen molar-refractivity contribution in [1.29, 1.82) is 0 Å². The Balaban J connectivity index is 1.68. The van der Waals surface area contributed by atoms with E-state index in [1.54, 1.807) is 12.1 Å². The summed E-state index contributed by atoms with van der Waals surface area (Å²) in [6.45, 7) is 3.79. The maximum atomic E-state index is 12.5. The first-order chi connectivity index (χ1) is 14.5. The largest absolute Gasteiger partial charge is 0.486 e. The van der Waals surface area contributed by atoms with Gasteiger partial charge in [-0.25, -0.2) is 0 Å². The Morgan fingerprint density at radius 2 is 2.03 bits per heavy atom. The molecule has 0 N–H and O–H groups in total. The number of benzene rings is 2. The van der Waals surface area contributed by atoms with E-state index in [0.29, 0.717) is 41.6 Å². The van der Waals surface area contributed by atoms with Gasteiger partial charge in [-0.15, -0.1) is 0 Å². The quantitative estimate of drug-likeness (QED) is 0.351. The molecule has 0 saturated heterocycles. The second-order valence-electron chi connectivity index (χ2n) is 6.64. The molecule has 30 heavy (non-hydrogen) atoms. The third-order valence-corrected chi connectivity index (χ3v) is 5.54. The lowest BCUT2D eigenvalue weighted by molar-refractivity contribution is -0.384. The first-order valence-electron chi connectivity index (χ1n) is 9.49. The summed E-state index contributed by atoms with van der Waals surface area (Å²) in [5.41, 5.74) is 1.48. The Hall–Kier alpha value is -3.46. The molecule has 0 unspecified atom stereocenters. The lowest BCUT2D eigenvalue weighted by atomic mass is 10.2. The number of ether oxygens (including phenoxy) is 2. The molecular formula is C21H19N3O5S. The predicted octanol–water partition coefficient (Wildman–Crippen LogP) is 3.93. The molecule has 0 fully saturated rings. The Bertz CT molecular complexity index is 1230. The van der Waals surface area contributed by atoms with Crippen LogP contribution in [0.2, 0.25) is 0 Å². The van der Waals surface area contributed by atoms with Gasteiger partial charge in [0.2, 0.25) is 0 Å². The number of rotatable bonds is 5. The first kappa shape index (κ1) is 19.8. The van der Waals surface area contributed by atoms with Gasteiger partial charge in [-0.2, -0.15) is 4.99 Å². The normalized spacial score (nSPS) is 13.8. The van der Waals surface area contributed by atoms with Crippen molar-refractivity contribution in [3.05, 3.63) is 63.0 Å². The van der Waals surface area contributed by atoms with Gasteiger partial charge in [0.25, 0.3) is 11.6 Å². The first-order valence-corrected chi connectivity index (χ1v) is 10.3. The molecule has 4 rings (SSSR count). The SMILES string of the molecule is CCCn1c(=NC(=O)/C=C/c2cccc([N+](=O)[O-])c2)sc2cc3c(cc21)OCCO3. The highest BCUT2D eigenvalue weighted by Gasteiger charge is 2.16. The molecule has 9 heteroatoms. The summed E-state index contributed by atoms with van der Waals surface area (Å²) in [7, 11) is 0. The Morgan fingerprint density at radius 1 is 1.27 bits per heavy atom. The fourth-order valence-electron chi connectivity index (χ4n) is 3.17. The topological polar surface area (TPSA) is 96.0 Å². The lowest BCUT2D eigenvalue weighted by Gasteiger charge is -2.18. The highest BCUT2D eigenvalue weighted by atomic mass is 32.1. The second-order valence-corrected chi connectivity index (χ2v) is 7.64. The fourth-order valence-corrected chi connectivity index (χ4v) is 4.24. The summed E-state index contributed by atoms with van der Waals surface area (Å²) < 4.78 is 14.3. The number of hydrogen-bond donors (Lipinski definition) is 0. The van der Waals surface area contributed by atoms with Gasteiger partial charge in [-0.3, -0.25) is 14.9 Å². The van der Waals surface area contributed by atoms with Crippen molar-refractivity contribution < 1.29 is 19.2 Å². The van der Waals surface area contributed by atoms with Crippen LogP contribution < -0.4 is 14.3 Å². The number of non-ortho nitro benzene ring substituents is 1. The highest BCUT2D eigenvalue weighted by molar-refractivity contribution is 7.16. The number of hydrogen-bond acceptors (Lipinski definition) is 6. The van der Waals surface area contributed by atoms with Gasteiger partial charge in [0.1, 0.15) is 13.2 Å². The number of carbonyl (C=O) groups is 1. The molecule has 0 saturated carbocycles. The van der Waals surface area contributed by atoms with Gasteiger partial charge in [-0.1, -0.05) is 30.4 Å². The number of amides is 1. The standard InChI is InChI=1S/C21H19N3O5S/c1-2-8-23-16-12-17-18(29-10-9-28-17)13-19(16)30-21(23)22-20(25)7-6-14-4-3-5-15(11-14)24(26)27/h3-7,11-13H,2,8-10H2,1H3/b7-6+,22-21?. The zero-order valence-corrected chi connectivity index (χ0v) is 17.1. The van der Waals surface area contributed by atoms with E-state index in [4.69, 9.17) is 9.47 Å². The number of fused-ring (bicyclic) bond motifs is 2. The molecular weight excluding hydrogens is 406 g/mol. The molecule has 1 aliphatic heterocycles. The molecule has 2 heterocycles. The molecule has 1 aliphatic rings. The van der Waals surface area contributed by atoms with Crippen LogP contribution in [0.4, 0.5) is 5.69 Å². The average molecular weight is 425 g/mol. The predicted molar refractivity (Wildman–Crippen MR) is 114 cm³/mol. The number of nitrogens with zero attached hydrogens (tertiary/aromatic N) is 3. The van der Waals surface area contributed by atoms with E-state index in [9.17, 15) is 14.9 Å². The summed E-state index contributed by atoms with van der Waals surface area (Å²) in [4.78, 5) is 27.7. The molecule has 2 aromatic carbocycles. The van der Waals surface area contributed by atoms with Crippen molar-refractivity contribution in [3.63, 3.8) is 0 Å². The van der Waals surface area contributed by atoms with Crippen LogP contribution in [0.15, 0.2) is 47.5 Å². The van der Waals surface area contributed by atoms with Gasteiger partial charge in [0.05, 0.1) is 15.1 Å². The van der Waals surface area contributed by atoms with Crippen LogP contribution in [0, 0.1) is 10.1 Å². The summed E-state index contributed by atoms with van der Waals surface area (Å²) in [5, 5.41) is 10.9. The van der Waals surface area contributed by atoms with Gasteiger partial charge >= 0.3 is 0 Å². The molecule has 0 bridgehead atoms. The summed E-state index contributed by atoms with van der Waals surface area (Å²) >= 11 is 1.41. The lowest BCUT2D eigenvalue weighted by Crippen LogP contribution is -2.17. The van der Waals surface area contributed by atoms with Gasteiger partial charge in [0, 0.05) is 36.9 Å². The molecule has 1 amide bonds. The van der Waals surface area contributed by atoms with Crippen molar-refractivity contribution in [2.45, 2.75) is 19.9 Å². The molecule has 8 nitrogen and oxygen atoms in total. The van der Waals surface area contributed by atoms with Crippen LogP contribution in [0.5, 0.6) is 11.5 Å². The van der Waals surface area contributed by atoms with Crippen LogP contribution in [0.3, 0.4) is 0 Å².